The van der Waals surface area contributed by atoms with Crippen LogP contribution in [0.4, 0.5) is 0 Å². The Morgan fingerprint density at radius 3 is 2.50 bits per heavy atom. The summed E-state index contributed by atoms with van der Waals surface area (Å²) in [5.41, 5.74) is 1.01. The second kappa shape index (κ2) is 4.52. The van der Waals surface area contributed by atoms with Crippen molar-refractivity contribution in [2.45, 2.75) is 38.5 Å². The molecular formula is C17H20O4S. The van der Waals surface area contributed by atoms with Gasteiger partial charge in [0.25, 0.3) is 10.1 Å². The summed E-state index contributed by atoms with van der Waals surface area (Å²) in [4.78, 5) is 12.6. The molecule has 3 rings (SSSR count). The molecule has 0 saturated heterocycles. The minimum atomic E-state index is -4.23. The molecule has 0 spiro atoms. The molecule has 4 nitrogen and oxygen atoms in total. The van der Waals surface area contributed by atoms with Crippen LogP contribution in [0.1, 0.15) is 39.2 Å². The summed E-state index contributed by atoms with van der Waals surface area (Å²) >= 11 is 0. The molecule has 2 unspecified atom stereocenters. The van der Waals surface area contributed by atoms with Gasteiger partial charge >= 0.3 is 0 Å². The quantitative estimate of drug-likeness (QED) is 0.670. The van der Waals surface area contributed by atoms with E-state index in [4.69, 9.17) is 4.55 Å². The first-order chi connectivity index (χ1) is 10.1. The zero-order valence-corrected chi connectivity index (χ0v) is 13.8. The second-order valence-corrected chi connectivity index (χ2v) is 8.54. The monoisotopic (exact) mass is 320 g/mol. The van der Waals surface area contributed by atoms with E-state index in [2.05, 4.69) is 13.8 Å². The number of rotatable bonds is 2. The number of fused-ring (bicyclic) bond motifs is 2. The van der Waals surface area contributed by atoms with Gasteiger partial charge in [0.2, 0.25) is 0 Å². The normalized spacial score (nSPS) is 31.9. The van der Waals surface area contributed by atoms with Crippen molar-refractivity contribution >= 4 is 22.0 Å². The summed E-state index contributed by atoms with van der Waals surface area (Å²) in [6.45, 7) is 6.31. The number of carbonyl (C=O) groups excluding carboxylic acids is 1. The SMILES string of the molecule is CC12CCC(C(=Cc3cccc(S(=O)(=O)O)c3)C1=O)C2(C)C. The smallest absolute Gasteiger partial charge is 0.294 e. The first kappa shape index (κ1) is 15.4. The molecule has 22 heavy (non-hydrogen) atoms. The topological polar surface area (TPSA) is 71.4 Å². The van der Waals surface area contributed by atoms with Crippen LogP contribution in [0.5, 0.6) is 0 Å². The van der Waals surface area contributed by atoms with E-state index in [9.17, 15) is 13.2 Å². The fourth-order valence-corrected chi connectivity index (χ4v) is 4.57. The fraction of sp³-hybridized carbons (Fsp3) is 0.471. The number of benzene rings is 1. The number of allylic oxidation sites excluding steroid dienone is 1. The average molecular weight is 320 g/mol. The zero-order valence-electron chi connectivity index (χ0n) is 13.0. The first-order valence-electron chi connectivity index (χ1n) is 7.41. The van der Waals surface area contributed by atoms with E-state index in [0.29, 0.717) is 5.56 Å². The van der Waals surface area contributed by atoms with Gasteiger partial charge in [-0.1, -0.05) is 32.9 Å². The van der Waals surface area contributed by atoms with Crippen molar-refractivity contribution in [2.24, 2.45) is 16.7 Å². The maximum Gasteiger partial charge on any atom is 0.294 e. The predicted octanol–water partition coefficient (Wildman–Crippen LogP) is 3.34. The third-order valence-electron chi connectivity index (χ3n) is 5.84. The number of Topliss-reactive ketones (excluding diaryl/α,β-unsaturated/α-hetero) is 1. The van der Waals surface area contributed by atoms with E-state index >= 15 is 0 Å². The number of ketones is 1. The fourth-order valence-electron chi connectivity index (χ4n) is 4.04. The lowest BCUT2D eigenvalue weighted by atomic mass is 9.70. The Bertz CT molecular complexity index is 789. The summed E-state index contributed by atoms with van der Waals surface area (Å²) in [5.74, 6) is 0.380. The molecule has 1 aromatic rings. The highest BCUT2D eigenvalue weighted by molar-refractivity contribution is 7.85. The molecule has 2 saturated carbocycles. The largest absolute Gasteiger partial charge is 0.294 e. The molecule has 5 heteroatoms. The average Bonchev–Trinajstić information content (AvgIpc) is 2.73. The molecule has 2 atom stereocenters. The molecule has 0 radical (unpaired) electrons. The molecular weight excluding hydrogens is 300 g/mol. The molecule has 2 bridgehead atoms. The molecule has 1 N–H and O–H groups in total. The Labute approximate surface area is 131 Å². The Hall–Kier alpha value is -1.46. The van der Waals surface area contributed by atoms with Crippen LogP contribution in [0, 0.1) is 16.7 Å². The van der Waals surface area contributed by atoms with Gasteiger partial charge < -0.3 is 0 Å². The number of carbonyl (C=O) groups is 1. The van der Waals surface area contributed by atoms with Crippen molar-refractivity contribution < 1.29 is 17.8 Å². The van der Waals surface area contributed by atoms with Crippen LogP contribution in [0.25, 0.3) is 6.08 Å². The minimum Gasteiger partial charge on any atom is -0.294 e. The highest BCUT2D eigenvalue weighted by Gasteiger charge is 2.63. The van der Waals surface area contributed by atoms with Gasteiger partial charge in [-0.15, -0.1) is 0 Å². The molecule has 0 heterocycles. The summed E-state index contributed by atoms with van der Waals surface area (Å²) in [6.07, 6.45) is 3.68. The molecule has 0 aliphatic heterocycles. The standard InChI is InChI=1S/C17H20O4S/c1-16(2)14-7-8-17(16,3)15(18)13(14)10-11-5-4-6-12(9-11)22(19,20)21/h4-6,9-10,14H,7-8H2,1-3H3,(H,19,20,21). The Morgan fingerprint density at radius 2 is 1.95 bits per heavy atom. The van der Waals surface area contributed by atoms with Gasteiger partial charge in [0.15, 0.2) is 5.78 Å². The van der Waals surface area contributed by atoms with Crippen LogP contribution in [-0.4, -0.2) is 18.8 Å². The Morgan fingerprint density at radius 1 is 1.27 bits per heavy atom. The van der Waals surface area contributed by atoms with E-state index in [1.54, 1.807) is 18.2 Å². The van der Waals surface area contributed by atoms with Crippen LogP contribution in [0.3, 0.4) is 0 Å². The predicted molar refractivity (Wildman–Crippen MR) is 83.9 cm³/mol. The van der Waals surface area contributed by atoms with Crippen molar-refractivity contribution in [3.8, 4) is 0 Å². The molecule has 2 aliphatic rings. The van der Waals surface area contributed by atoms with Gasteiger partial charge in [-0.3, -0.25) is 9.35 Å². The van der Waals surface area contributed by atoms with Gasteiger partial charge in [-0.2, -0.15) is 8.42 Å². The van der Waals surface area contributed by atoms with Gasteiger partial charge in [0.05, 0.1) is 4.90 Å². The van der Waals surface area contributed by atoms with Crippen molar-refractivity contribution in [2.75, 3.05) is 0 Å². The molecule has 0 amide bonds. The first-order valence-corrected chi connectivity index (χ1v) is 8.85. The molecule has 1 aromatic carbocycles. The van der Waals surface area contributed by atoms with Gasteiger partial charge in [0, 0.05) is 5.41 Å². The van der Waals surface area contributed by atoms with E-state index < -0.39 is 10.1 Å². The van der Waals surface area contributed by atoms with Gasteiger partial charge in [-0.25, -0.2) is 0 Å². The second-order valence-electron chi connectivity index (χ2n) is 7.12. The number of hydrogen-bond acceptors (Lipinski definition) is 3. The van der Waals surface area contributed by atoms with E-state index in [-0.39, 0.29) is 27.4 Å². The molecule has 2 fully saturated rings. The Balaban J connectivity index is 2.07. The van der Waals surface area contributed by atoms with Crippen molar-refractivity contribution in [3.05, 3.63) is 35.4 Å². The lowest BCUT2D eigenvalue weighted by Crippen LogP contribution is -2.32. The lowest BCUT2D eigenvalue weighted by Gasteiger charge is -2.31. The van der Waals surface area contributed by atoms with E-state index in [1.165, 1.54) is 12.1 Å². The third-order valence-corrected chi connectivity index (χ3v) is 6.69. The van der Waals surface area contributed by atoms with Crippen molar-refractivity contribution in [1.29, 1.82) is 0 Å². The zero-order chi connectivity index (χ0) is 16.3. The number of hydrogen-bond donors (Lipinski definition) is 1. The van der Waals surface area contributed by atoms with Gasteiger partial charge in [-0.05, 0) is 53.5 Å². The van der Waals surface area contributed by atoms with E-state index in [0.717, 1.165) is 18.4 Å². The van der Waals surface area contributed by atoms with Crippen molar-refractivity contribution in [3.63, 3.8) is 0 Å². The van der Waals surface area contributed by atoms with E-state index in [1.807, 2.05) is 6.92 Å². The summed E-state index contributed by atoms with van der Waals surface area (Å²) in [7, 11) is -4.23. The molecule has 118 valence electrons. The third kappa shape index (κ3) is 1.99. The van der Waals surface area contributed by atoms with Crippen molar-refractivity contribution in [1.82, 2.24) is 0 Å². The maximum atomic E-state index is 12.8. The molecule has 2 aliphatic carbocycles. The summed E-state index contributed by atoms with van der Waals surface area (Å²) in [5, 5.41) is 0. The Kier molecular flexibility index (Phi) is 3.17. The van der Waals surface area contributed by atoms with Crippen LogP contribution < -0.4 is 0 Å². The lowest BCUT2D eigenvalue weighted by molar-refractivity contribution is -0.125. The summed E-state index contributed by atoms with van der Waals surface area (Å²) in [6, 6.07) is 6.05. The van der Waals surface area contributed by atoms with Crippen LogP contribution in [0.2, 0.25) is 0 Å². The molecule has 0 aromatic heterocycles. The highest BCUT2D eigenvalue weighted by atomic mass is 32.2. The minimum absolute atomic E-state index is 0.0728. The van der Waals surface area contributed by atoms with Gasteiger partial charge in [0.1, 0.15) is 0 Å². The highest BCUT2D eigenvalue weighted by Crippen LogP contribution is 2.65. The summed E-state index contributed by atoms with van der Waals surface area (Å²) < 4.78 is 31.6. The van der Waals surface area contributed by atoms with Crippen LogP contribution in [0.15, 0.2) is 34.7 Å². The van der Waals surface area contributed by atoms with Crippen LogP contribution >= 0.6 is 0 Å². The van der Waals surface area contributed by atoms with Crippen LogP contribution in [-0.2, 0) is 14.9 Å². The maximum absolute atomic E-state index is 12.8.